The Balaban J connectivity index is 1.81. The molecule has 0 radical (unpaired) electrons. The highest BCUT2D eigenvalue weighted by Crippen LogP contribution is 2.32. The van der Waals surface area contributed by atoms with Gasteiger partial charge in [0.15, 0.2) is 5.78 Å². The monoisotopic (exact) mass is 409 g/mol. The molecule has 1 aliphatic rings. The van der Waals surface area contributed by atoms with Crippen LogP contribution < -0.4 is 0 Å². The molecule has 0 atom stereocenters. The maximum Gasteiger partial charge on any atom is 0.189 e. The zero-order valence-electron chi connectivity index (χ0n) is 18.1. The van der Waals surface area contributed by atoms with Gasteiger partial charge in [-0.05, 0) is 50.0 Å². The maximum atomic E-state index is 13.2. The Bertz CT molecular complexity index is 1160. The highest BCUT2D eigenvalue weighted by Gasteiger charge is 2.21. The first kappa shape index (κ1) is 20.8. The first-order chi connectivity index (χ1) is 15.0. The predicted octanol–water partition coefficient (Wildman–Crippen LogP) is 6.13. The van der Waals surface area contributed by atoms with Crippen LogP contribution in [0.5, 0.6) is 0 Å². The number of nitrogens with zero attached hydrogens (tertiary/aromatic N) is 1. The summed E-state index contributed by atoms with van der Waals surface area (Å²) in [6.07, 6.45) is 6.01. The Hall–Kier alpha value is -3.46. The van der Waals surface area contributed by atoms with Crippen LogP contribution in [0.25, 0.3) is 11.6 Å². The number of hydrogen-bond acceptors (Lipinski definition) is 2. The van der Waals surface area contributed by atoms with E-state index in [0.717, 1.165) is 28.1 Å². The summed E-state index contributed by atoms with van der Waals surface area (Å²) in [4.78, 5) is 24.9. The number of carbonyl (C=O) groups is 2. The molecule has 0 saturated carbocycles. The fraction of sp³-hybridized carbons (Fsp3) is 0.214. The molecular formula is C28H27NO2. The lowest BCUT2D eigenvalue weighted by atomic mass is 10.0. The molecule has 0 aliphatic heterocycles. The summed E-state index contributed by atoms with van der Waals surface area (Å²) in [5, 5.41) is 0. The number of rotatable bonds is 7. The van der Waals surface area contributed by atoms with E-state index >= 15 is 0 Å². The number of carbonyl (C=O) groups excluding carboxylic acids is 2. The maximum absolute atomic E-state index is 13.2. The Morgan fingerprint density at radius 2 is 1.65 bits per heavy atom. The highest BCUT2D eigenvalue weighted by molar-refractivity contribution is 6.12. The van der Waals surface area contributed by atoms with E-state index in [1.807, 2.05) is 48.5 Å². The minimum atomic E-state index is 0.0650. The summed E-state index contributed by atoms with van der Waals surface area (Å²) in [5.41, 5.74) is 7.17. The minimum Gasteiger partial charge on any atom is -0.340 e. The van der Waals surface area contributed by atoms with Crippen molar-refractivity contribution < 1.29 is 9.59 Å². The molecule has 1 heterocycles. The average Bonchev–Trinajstić information content (AvgIpc) is 3.03. The van der Waals surface area contributed by atoms with Crippen LogP contribution in [0.4, 0.5) is 0 Å². The van der Waals surface area contributed by atoms with Crippen LogP contribution in [-0.4, -0.2) is 16.1 Å². The van der Waals surface area contributed by atoms with Crippen LogP contribution in [0.1, 0.15) is 59.6 Å². The van der Waals surface area contributed by atoms with E-state index < -0.39 is 0 Å². The molecule has 4 rings (SSSR count). The highest BCUT2D eigenvalue weighted by atomic mass is 16.1. The molecule has 0 N–H and O–H groups in total. The third-order valence-corrected chi connectivity index (χ3v) is 5.83. The van der Waals surface area contributed by atoms with Crippen molar-refractivity contribution in [1.29, 1.82) is 0 Å². The van der Waals surface area contributed by atoms with Crippen LogP contribution >= 0.6 is 0 Å². The van der Waals surface area contributed by atoms with Crippen molar-refractivity contribution in [2.45, 2.75) is 39.7 Å². The van der Waals surface area contributed by atoms with Crippen molar-refractivity contribution in [3.63, 3.8) is 0 Å². The van der Waals surface area contributed by atoms with Gasteiger partial charge in [-0.15, -0.1) is 0 Å². The van der Waals surface area contributed by atoms with Crippen molar-refractivity contribution in [3.8, 4) is 0 Å². The second-order valence-electron chi connectivity index (χ2n) is 8.16. The Morgan fingerprint density at radius 1 is 0.968 bits per heavy atom. The van der Waals surface area contributed by atoms with Gasteiger partial charge in [0.1, 0.15) is 5.78 Å². The SMILES string of the molecule is CC(=O)CCc1cc2c(n1Cc1ccccc1)C=C(C(=O)c1ccccc1)CC=C2C. The van der Waals surface area contributed by atoms with Gasteiger partial charge in [-0.1, -0.05) is 66.7 Å². The van der Waals surface area contributed by atoms with E-state index in [2.05, 4.69) is 41.8 Å². The Kier molecular flexibility index (Phi) is 6.13. The van der Waals surface area contributed by atoms with E-state index in [9.17, 15) is 9.59 Å². The Morgan fingerprint density at radius 3 is 2.32 bits per heavy atom. The molecule has 3 aromatic rings. The molecule has 0 unspecified atom stereocenters. The molecule has 0 bridgehead atoms. The van der Waals surface area contributed by atoms with Gasteiger partial charge in [-0.2, -0.15) is 0 Å². The molecule has 2 aromatic carbocycles. The summed E-state index contributed by atoms with van der Waals surface area (Å²) in [6.45, 7) is 4.45. The zero-order valence-corrected chi connectivity index (χ0v) is 18.1. The number of Topliss-reactive ketones (excluding diaryl/α,β-unsaturated/α-hetero) is 2. The number of hydrogen-bond donors (Lipinski definition) is 0. The van der Waals surface area contributed by atoms with E-state index in [1.165, 1.54) is 5.56 Å². The molecule has 0 saturated heterocycles. The molecule has 3 heteroatoms. The summed E-state index contributed by atoms with van der Waals surface area (Å²) in [7, 11) is 0. The van der Waals surface area contributed by atoms with E-state index in [-0.39, 0.29) is 11.6 Å². The van der Waals surface area contributed by atoms with Gasteiger partial charge in [0, 0.05) is 41.1 Å². The third kappa shape index (κ3) is 4.66. The molecule has 0 fully saturated rings. The normalized spacial score (nSPS) is 13.1. The van der Waals surface area contributed by atoms with Crippen molar-refractivity contribution >= 4 is 23.2 Å². The van der Waals surface area contributed by atoms with Crippen molar-refractivity contribution in [2.75, 3.05) is 0 Å². The summed E-state index contributed by atoms with van der Waals surface area (Å²) >= 11 is 0. The first-order valence-electron chi connectivity index (χ1n) is 10.8. The lowest BCUT2D eigenvalue weighted by molar-refractivity contribution is -0.117. The van der Waals surface area contributed by atoms with Crippen LogP contribution in [-0.2, 0) is 17.8 Å². The van der Waals surface area contributed by atoms with E-state index in [4.69, 9.17) is 0 Å². The lowest BCUT2D eigenvalue weighted by Gasteiger charge is -2.13. The second-order valence-corrected chi connectivity index (χ2v) is 8.16. The van der Waals surface area contributed by atoms with Gasteiger partial charge in [-0.3, -0.25) is 4.79 Å². The number of aromatic nitrogens is 1. The molecule has 1 aliphatic carbocycles. The average molecular weight is 410 g/mol. The van der Waals surface area contributed by atoms with Gasteiger partial charge in [0.05, 0.1) is 0 Å². The third-order valence-electron chi connectivity index (χ3n) is 5.83. The van der Waals surface area contributed by atoms with Gasteiger partial charge >= 0.3 is 0 Å². The zero-order chi connectivity index (χ0) is 21.8. The molecule has 0 amide bonds. The minimum absolute atomic E-state index is 0.0650. The quantitative estimate of drug-likeness (QED) is 0.440. The molecule has 31 heavy (non-hydrogen) atoms. The molecule has 1 aromatic heterocycles. The second kappa shape index (κ2) is 9.13. The van der Waals surface area contributed by atoms with Gasteiger partial charge < -0.3 is 9.36 Å². The summed E-state index contributed by atoms with van der Waals surface area (Å²) in [6, 6.07) is 22.0. The van der Waals surface area contributed by atoms with Crippen molar-refractivity contribution in [1.82, 2.24) is 4.57 Å². The number of benzene rings is 2. The fourth-order valence-corrected chi connectivity index (χ4v) is 4.08. The number of allylic oxidation sites excluding steroid dienone is 3. The van der Waals surface area contributed by atoms with Crippen LogP contribution in [0, 0.1) is 0 Å². The summed E-state index contributed by atoms with van der Waals surface area (Å²) < 4.78 is 2.27. The number of fused-ring (bicyclic) bond motifs is 1. The largest absolute Gasteiger partial charge is 0.340 e. The lowest BCUT2D eigenvalue weighted by Crippen LogP contribution is -2.09. The van der Waals surface area contributed by atoms with Crippen LogP contribution in [0.2, 0.25) is 0 Å². The molecular weight excluding hydrogens is 382 g/mol. The predicted molar refractivity (Wildman–Crippen MR) is 126 cm³/mol. The van der Waals surface area contributed by atoms with Crippen molar-refractivity contribution in [2.24, 2.45) is 0 Å². The topological polar surface area (TPSA) is 39.1 Å². The van der Waals surface area contributed by atoms with Crippen molar-refractivity contribution in [3.05, 3.63) is 106 Å². The standard InChI is InChI=1S/C28H27NO2/c1-20-13-15-24(28(31)23-11-7-4-8-12-23)17-27-26(20)18-25(16-14-21(2)30)29(27)19-22-9-5-3-6-10-22/h3-13,17-18H,14-16,19H2,1-2H3. The Labute approximate surface area is 183 Å². The molecule has 156 valence electrons. The number of aryl methyl sites for hydroxylation is 1. The number of ketones is 2. The van der Waals surface area contributed by atoms with E-state index in [0.29, 0.717) is 31.4 Å². The molecule has 3 nitrogen and oxygen atoms in total. The first-order valence-corrected chi connectivity index (χ1v) is 10.8. The van der Waals surface area contributed by atoms with Crippen LogP contribution in [0.15, 0.2) is 78.4 Å². The molecule has 0 spiro atoms. The van der Waals surface area contributed by atoms with Gasteiger partial charge in [-0.25, -0.2) is 0 Å². The smallest absolute Gasteiger partial charge is 0.189 e. The van der Waals surface area contributed by atoms with Gasteiger partial charge in [0.25, 0.3) is 0 Å². The summed E-state index contributed by atoms with van der Waals surface area (Å²) in [5.74, 6) is 0.251. The van der Waals surface area contributed by atoms with Gasteiger partial charge in [0.2, 0.25) is 0 Å². The van der Waals surface area contributed by atoms with Crippen LogP contribution in [0.3, 0.4) is 0 Å². The van der Waals surface area contributed by atoms with E-state index in [1.54, 1.807) is 6.92 Å². The fourth-order valence-electron chi connectivity index (χ4n) is 4.08.